The molecule has 0 bridgehead atoms. The van der Waals surface area contributed by atoms with Gasteiger partial charge in [0.2, 0.25) is 15.9 Å². The van der Waals surface area contributed by atoms with Crippen LogP contribution in [-0.4, -0.2) is 61.3 Å². The van der Waals surface area contributed by atoms with Gasteiger partial charge in [-0.3, -0.25) is 4.79 Å². The highest BCUT2D eigenvalue weighted by atomic mass is 32.2. The van der Waals surface area contributed by atoms with E-state index >= 15 is 0 Å². The average molecular weight is 666 g/mol. The number of fused-ring (bicyclic) bond motifs is 1. The Morgan fingerprint density at radius 3 is 2.36 bits per heavy atom. The van der Waals surface area contributed by atoms with Crippen molar-refractivity contribution in [1.29, 1.82) is 0 Å². The minimum absolute atomic E-state index is 0.0150. The van der Waals surface area contributed by atoms with Crippen LogP contribution in [-0.2, 0) is 39.0 Å². The van der Waals surface area contributed by atoms with Crippen LogP contribution in [0, 0.1) is 5.92 Å². The summed E-state index contributed by atoms with van der Waals surface area (Å²) in [7, 11) is -4.13. The predicted molar refractivity (Wildman–Crippen MR) is 180 cm³/mol. The molecule has 11 heteroatoms. The van der Waals surface area contributed by atoms with Gasteiger partial charge in [-0.15, -0.1) is 0 Å². The number of nitrogens with zero attached hydrogens (tertiary/aromatic N) is 1. The van der Waals surface area contributed by atoms with Crippen molar-refractivity contribution in [2.75, 3.05) is 19.7 Å². The Bertz CT molecular complexity index is 1570. The SMILES string of the molecule is CC(C)CN(C(O)(CCNC(=O)CCCC(C)NC(=O)OCc1ccccc1)Cc1ccccc1)S(=O)(=O)c1ccc2c(c1)CCO2. The van der Waals surface area contributed by atoms with Gasteiger partial charge in [0.1, 0.15) is 18.1 Å². The fourth-order valence-electron chi connectivity index (χ4n) is 5.60. The maximum atomic E-state index is 14.2. The number of nitrogens with one attached hydrogen (secondary N) is 2. The van der Waals surface area contributed by atoms with Crippen molar-refractivity contribution in [2.45, 2.75) is 82.6 Å². The first-order valence-corrected chi connectivity index (χ1v) is 17.7. The number of alkyl carbamates (subject to hydrolysis) is 1. The van der Waals surface area contributed by atoms with Crippen molar-refractivity contribution in [3.05, 3.63) is 95.6 Å². The minimum atomic E-state index is -4.13. The number of rotatable bonds is 17. The highest BCUT2D eigenvalue weighted by molar-refractivity contribution is 7.89. The van der Waals surface area contributed by atoms with E-state index in [1.54, 1.807) is 12.1 Å². The van der Waals surface area contributed by atoms with Crippen molar-refractivity contribution < 1.29 is 32.6 Å². The number of hydrogen-bond acceptors (Lipinski definition) is 7. The summed E-state index contributed by atoms with van der Waals surface area (Å²) < 4.78 is 40.4. The lowest BCUT2D eigenvalue weighted by atomic mass is 9.98. The smallest absolute Gasteiger partial charge is 0.407 e. The normalized spacial score (nSPS) is 14.6. The number of ether oxygens (including phenoxy) is 2. The monoisotopic (exact) mass is 665 g/mol. The van der Waals surface area contributed by atoms with Gasteiger partial charge < -0.3 is 25.2 Å². The molecule has 3 N–H and O–H groups in total. The fraction of sp³-hybridized carbons (Fsp3) is 0.444. The first-order valence-electron chi connectivity index (χ1n) is 16.2. The van der Waals surface area contributed by atoms with E-state index in [2.05, 4.69) is 10.6 Å². The molecular weight excluding hydrogens is 618 g/mol. The zero-order valence-corrected chi connectivity index (χ0v) is 28.3. The summed E-state index contributed by atoms with van der Waals surface area (Å²) in [6, 6.07) is 23.3. The fourth-order valence-corrected chi connectivity index (χ4v) is 7.48. The molecule has 47 heavy (non-hydrogen) atoms. The Balaban J connectivity index is 1.36. The third-order valence-corrected chi connectivity index (χ3v) is 9.96. The van der Waals surface area contributed by atoms with Gasteiger partial charge in [0.05, 0.1) is 11.5 Å². The summed E-state index contributed by atoms with van der Waals surface area (Å²) in [4.78, 5) is 25.0. The van der Waals surface area contributed by atoms with Gasteiger partial charge >= 0.3 is 6.09 Å². The van der Waals surface area contributed by atoms with Crippen LogP contribution in [0.5, 0.6) is 5.75 Å². The predicted octanol–water partition coefficient (Wildman–Crippen LogP) is 5.19. The van der Waals surface area contributed by atoms with E-state index in [0.717, 1.165) is 16.7 Å². The third kappa shape index (κ3) is 10.5. The zero-order valence-electron chi connectivity index (χ0n) is 27.5. The third-order valence-electron chi connectivity index (χ3n) is 8.04. The Labute approximate surface area is 278 Å². The van der Waals surface area contributed by atoms with Crippen molar-refractivity contribution in [3.63, 3.8) is 0 Å². The maximum Gasteiger partial charge on any atom is 0.407 e. The highest BCUT2D eigenvalue weighted by Gasteiger charge is 2.43. The topological polar surface area (TPSA) is 134 Å². The molecule has 0 fully saturated rings. The number of aliphatic hydroxyl groups is 1. The Morgan fingerprint density at radius 1 is 1.00 bits per heavy atom. The zero-order chi connectivity index (χ0) is 33.9. The van der Waals surface area contributed by atoms with Crippen LogP contribution < -0.4 is 15.4 Å². The van der Waals surface area contributed by atoms with Gasteiger partial charge in [0.15, 0.2) is 0 Å². The Morgan fingerprint density at radius 2 is 1.68 bits per heavy atom. The van der Waals surface area contributed by atoms with E-state index < -0.39 is 21.8 Å². The van der Waals surface area contributed by atoms with Crippen LogP contribution in [0.3, 0.4) is 0 Å². The van der Waals surface area contributed by atoms with Crippen LogP contribution >= 0.6 is 0 Å². The van der Waals surface area contributed by atoms with Gasteiger partial charge in [0.25, 0.3) is 0 Å². The molecule has 1 aliphatic rings. The molecule has 0 spiro atoms. The molecule has 0 saturated heterocycles. The summed E-state index contributed by atoms with van der Waals surface area (Å²) in [6.45, 7) is 6.50. The van der Waals surface area contributed by atoms with Crippen LogP contribution in [0.2, 0.25) is 0 Å². The average Bonchev–Trinajstić information content (AvgIpc) is 3.52. The molecule has 1 heterocycles. The molecule has 0 aliphatic carbocycles. The van der Waals surface area contributed by atoms with E-state index in [9.17, 15) is 23.1 Å². The van der Waals surface area contributed by atoms with Gasteiger partial charge in [-0.2, -0.15) is 4.31 Å². The second kappa shape index (κ2) is 16.8. The standard InChI is InChI=1S/C36H47N3O7S/c1-27(2)25-39(47(43,44)32-17-18-33-31(23-32)19-22-45-33)36(42,24-29-12-6-4-7-13-29)20-21-37-34(40)16-10-11-28(3)38-35(41)46-26-30-14-8-5-9-15-30/h4-9,12-15,17-18,23,27-28,42H,10-11,16,19-22,24-26H2,1-3H3,(H,37,40)(H,38,41). The van der Waals surface area contributed by atoms with Crippen molar-refractivity contribution in [2.24, 2.45) is 5.92 Å². The van der Waals surface area contributed by atoms with Crippen LogP contribution in [0.4, 0.5) is 4.79 Å². The van der Waals surface area contributed by atoms with Crippen LogP contribution in [0.15, 0.2) is 83.8 Å². The highest BCUT2D eigenvalue weighted by Crippen LogP contribution is 2.33. The molecule has 3 aromatic carbocycles. The Kier molecular flexibility index (Phi) is 12.8. The maximum absolute atomic E-state index is 14.2. The molecule has 2 unspecified atom stereocenters. The van der Waals surface area contributed by atoms with Gasteiger partial charge in [-0.05, 0) is 60.6 Å². The minimum Gasteiger partial charge on any atom is -0.493 e. The number of sulfonamides is 1. The molecule has 0 aromatic heterocycles. The molecule has 2 atom stereocenters. The van der Waals surface area contributed by atoms with Crippen molar-refractivity contribution in [1.82, 2.24) is 14.9 Å². The number of benzene rings is 3. The molecule has 254 valence electrons. The number of hydrogen-bond donors (Lipinski definition) is 3. The number of amides is 2. The quantitative estimate of drug-likeness (QED) is 0.169. The molecule has 4 rings (SSSR count). The summed E-state index contributed by atoms with van der Waals surface area (Å²) in [5.74, 6) is 0.378. The number of carbonyl (C=O) groups is 2. The lowest BCUT2D eigenvalue weighted by Gasteiger charge is -2.40. The summed E-state index contributed by atoms with van der Waals surface area (Å²) >= 11 is 0. The number of carbonyl (C=O) groups excluding carboxylic acids is 2. The van der Waals surface area contributed by atoms with Crippen LogP contribution in [0.25, 0.3) is 0 Å². The van der Waals surface area contributed by atoms with E-state index in [4.69, 9.17) is 9.47 Å². The van der Waals surface area contributed by atoms with Gasteiger partial charge in [0, 0.05) is 44.8 Å². The summed E-state index contributed by atoms with van der Waals surface area (Å²) in [5.41, 5.74) is 0.677. The second-order valence-electron chi connectivity index (χ2n) is 12.5. The summed E-state index contributed by atoms with van der Waals surface area (Å²) in [5, 5.41) is 17.9. The lowest BCUT2D eigenvalue weighted by Crippen LogP contribution is -2.55. The first kappa shape index (κ1) is 35.9. The molecule has 2 amide bonds. The largest absolute Gasteiger partial charge is 0.493 e. The van der Waals surface area contributed by atoms with Crippen molar-refractivity contribution >= 4 is 22.0 Å². The first-order chi connectivity index (χ1) is 22.5. The molecule has 0 saturated carbocycles. The second-order valence-corrected chi connectivity index (χ2v) is 14.4. The Hall–Kier alpha value is -3.93. The van der Waals surface area contributed by atoms with Gasteiger partial charge in [-0.1, -0.05) is 74.5 Å². The van der Waals surface area contributed by atoms with E-state index in [1.165, 1.54) is 10.4 Å². The molecule has 1 aliphatic heterocycles. The molecule has 0 radical (unpaired) electrons. The van der Waals surface area contributed by atoms with Crippen LogP contribution in [0.1, 0.15) is 63.1 Å². The van der Waals surface area contributed by atoms with E-state index in [0.29, 0.717) is 31.6 Å². The molecule has 10 nitrogen and oxygen atoms in total. The molecular formula is C36H47N3O7S. The van der Waals surface area contributed by atoms with Gasteiger partial charge in [-0.25, -0.2) is 13.2 Å². The van der Waals surface area contributed by atoms with Crippen molar-refractivity contribution in [3.8, 4) is 5.75 Å². The molecule has 3 aromatic rings. The summed E-state index contributed by atoms with van der Waals surface area (Å²) in [6.07, 6.45) is 1.45. The lowest BCUT2D eigenvalue weighted by molar-refractivity contribution is -0.121. The van der Waals surface area contributed by atoms with E-state index in [-0.39, 0.29) is 61.7 Å². The van der Waals surface area contributed by atoms with E-state index in [1.807, 2.05) is 81.4 Å².